The topological polar surface area (TPSA) is 38.1 Å². The quantitative estimate of drug-likeness (QED) is 0.661. The number of oxazole rings is 1. The van der Waals surface area contributed by atoms with Gasteiger partial charge in [0.05, 0.1) is 0 Å². The maximum Gasteiger partial charge on any atom is 0.192 e. The monoisotopic (exact) mass is 174 g/mol. The van der Waals surface area contributed by atoms with Crippen LogP contribution >= 0.6 is 0 Å². The fourth-order valence-electron chi connectivity index (χ4n) is 1.84. The Morgan fingerprint density at radius 1 is 1.31 bits per heavy atom. The van der Waals surface area contributed by atoms with Gasteiger partial charge in [0, 0.05) is 20.0 Å². The van der Waals surface area contributed by atoms with Gasteiger partial charge in [0.1, 0.15) is 5.52 Å². The molecule has 0 saturated carbocycles. The Hall–Kier alpha value is -1.35. The van der Waals surface area contributed by atoms with Gasteiger partial charge in [-0.25, -0.2) is 4.98 Å². The highest BCUT2D eigenvalue weighted by molar-refractivity contribution is 5.75. The van der Waals surface area contributed by atoms with Gasteiger partial charge in [0.15, 0.2) is 11.5 Å². The van der Waals surface area contributed by atoms with Gasteiger partial charge in [-0.15, -0.1) is 0 Å². The number of hydrogen-bond donors (Lipinski definition) is 1. The standard InChI is InChI=1S/C10H10N2O/c1-6-12-9-2-7-4-11-5-8(7)3-10(9)13-6/h2-3,11H,4-5H2,1H3. The number of nitrogens with zero attached hydrogens (tertiary/aromatic N) is 1. The van der Waals surface area contributed by atoms with Crippen molar-refractivity contribution in [3.8, 4) is 0 Å². The number of aromatic nitrogens is 1. The average Bonchev–Trinajstić information content (AvgIpc) is 2.63. The SMILES string of the molecule is Cc1nc2cc3c(cc2o1)CNC3. The molecule has 3 nitrogen and oxygen atoms in total. The molecule has 0 saturated heterocycles. The van der Waals surface area contributed by atoms with Crippen LogP contribution in [-0.2, 0) is 13.1 Å². The third-order valence-electron chi connectivity index (χ3n) is 2.45. The second-order valence-corrected chi connectivity index (χ2v) is 3.43. The summed E-state index contributed by atoms with van der Waals surface area (Å²) in [6.45, 7) is 3.78. The summed E-state index contributed by atoms with van der Waals surface area (Å²) in [5.74, 6) is 0.742. The zero-order chi connectivity index (χ0) is 8.84. The Kier molecular flexibility index (Phi) is 1.27. The van der Waals surface area contributed by atoms with Gasteiger partial charge in [0.25, 0.3) is 0 Å². The van der Waals surface area contributed by atoms with E-state index in [1.54, 1.807) is 0 Å². The summed E-state index contributed by atoms with van der Waals surface area (Å²) in [4.78, 5) is 4.30. The lowest BCUT2D eigenvalue weighted by molar-refractivity contribution is 0.560. The molecule has 0 amide bonds. The fraction of sp³-hybridized carbons (Fsp3) is 0.300. The molecular weight excluding hydrogens is 164 g/mol. The van der Waals surface area contributed by atoms with Crippen LogP contribution in [0.15, 0.2) is 16.5 Å². The molecule has 0 atom stereocenters. The smallest absolute Gasteiger partial charge is 0.192 e. The first-order valence-corrected chi connectivity index (χ1v) is 4.42. The number of aryl methyl sites for hydroxylation is 1. The molecule has 3 rings (SSSR count). The molecular formula is C10H10N2O. The summed E-state index contributed by atoms with van der Waals surface area (Å²) in [7, 11) is 0. The molecule has 0 bridgehead atoms. The minimum Gasteiger partial charge on any atom is -0.441 e. The van der Waals surface area contributed by atoms with E-state index in [1.807, 2.05) is 6.92 Å². The highest BCUT2D eigenvalue weighted by atomic mass is 16.3. The summed E-state index contributed by atoms with van der Waals surface area (Å²) in [5.41, 5.74) is 4.56. The number of hydrogen-bond acceptors (Lipinski definition) is 3. The van der Waals surface area contributed by atoms with E-state index in [0.717, 1.165) is 30.1 Å². The third kappa shape index (κ3) is 0.971. The van der Waals surface area contributed by atoms with Crippen molar-refractivity contribution in [3.05, 3.63) is 29.2 Å². The number of rotatable bonds is 0. The highest BCUT2D eigenvalue weighted by Gasteiger charge is 2.13. The summed E-state index contributed by atoms with van der Waals surface area (Å²) in [5, 5.41) is 3.30. The second kappa shape index (κ2) is 2.33. The van der Waals surface area contributed by atoms with Crippen molar-refractivity contribution in [2.24, 2.45) is 0 Å². The lowest BCUT2D eigenvalue weighted by atomic mass is 10.1. The predicted octanol–water partition coefficient (Wildman–Crippen LogP) is 1.74. The Morgan fingerprint density at radius 3 is 2.92 bits per heavy atom. The van der Waals surface area contributed by atoms with E-state index in [1.165, 1.54) is 11.1 Å². The zero-order valence-corrected chi connectivity index (χ0v) is 7.42. The van der Waals surface area contributed by atoms with Crippen LogP contribution in [0.5, 0.6) is 0 Å². The van der Waals surface area contributed by atoms with Crippen LogP contribution in [0.1, 0.15) is 17.0 Å². The first-order valence-electron chi connectivity index (χ1n) is 4.42. The van der Waals surface area contributed by atoms with E-state index in [4.69, 9.17) is 4.42 Å². The Morgan fingerprint density at radius 2 is 2.08 bits per heavy atom. The number of fused-ring (bicyclic) bond motifs is 2. The van der Waals surface area contributed by atoms with Gasteiger partial charge in [-0.3, -0.25) is 0 Å². The Bertz CT molecular complexity index is 432. The van der Waals surface area contributed by atoms with Crippen molar-refractivity contribution in [1.82, 2.24) is 10.3 Å². The molecule has 0 spiro atoms. The molecule has 13 heavy (non-hydrogen) atoms. The number of benzene rings is 1. The molecule has 0 fully saturated rings. The lowest BCUT2D eigenvalue weighted by Crippen LogP contribution is -1.99. The van der Waals surface area contributed by atoms with Gasteiger partial charge in [-0.1, -0.05) is 0 Å². The van der Waals surface area contributed by atoms with Crippen LogP contribution < -0.4 is 5.32 Å². The van der Waals surface area contributed by atoms with Gasteiger partial charge in [-0.05, 0) is 23.3 Å². The normalized spacial score (nSPS) is 15.2. The molecule has 1 aromatic heterocycles. The second-order valence-electron chi connectivity index (χ2n) is 3.43. The van der Waals surface area contributed by atoms with E-state index < -0.39 is 0 Å². The van der Waals surface area contributed by atoms with Gasteiger partial charge < -0.3 is 9.73 Å². The fourth-order valence-corrected chi connectivity index (χ4v) is 1.84. The minimum atomic E-state index is 0.742. The Balaban J connectivity index is 2.35. The number of nitrogens with one attached hydrogen (secondary N) is 1. The van der Waals surface area contributed by atoms with Crippen LogP contribution in [0.3, 0.4) is 0 Å². The molecule has 0 unspecified atom stereocenters. The van der Waals surface area contributed by atoms with Gasteiger partial charge in [0.2, 0.25) is 0 Å². The summed E-state index contributed by atoms with van der Waals surface area (Å²) in [6, 6.07) is 4.20. The van der Waals surface area contributed by atoms with E-state index in [2.05, 4.69) is 22.4 Å². The van der Waals surface area contributed by atoms with Crippen molar-refractivity contribution < 1.29 is 4.42 Å². The molecule has 2 heterocycles. The van der Waals surface area contributed by atoms with Crippen molar-refractivity contribution >= 4 is 11.1 Å². The molecule has 1 aliphatic rings. The van der Waals surface area contributed by atoms with Crippen molar-refractivity contribution in [2.75, 3.05) is 0 Å². The van der Waals surface area contributed by atoms with Crippen molar-refractivity contribution in [2.45, 2.75) is 20.0 Å². The molecule has 3 heteroatoms. The largest absolute Gasteiger partial charge is 0.441 e. The van der Waals surface area contributed by atoms with E-state index in [-0.39, 0.29) is 0 Å². The van der Waals surface area contributed by atoms with Crippen LogP contribution in [0.2, 0.25) is 0 Å². The summed E-state index contributed by atoms with van der Waals surface area (Å²) >= 11 is 0. The first-order chi connectivity index (χ1) is 6.33. The van der Waals surface area contributed by atoms with E-state index >= 15 is 0 Å². The molecule has 0 aliphatic carbocycles. The third-order valence-corrected chi connectivity index (χ3v) is 2.45. The Labute approximate surface area is 75.8 Å². The van der Waals surface area contributed by atoms with Crippen LogP contribution in [0, 0.1) is 6.92 Å². The van der Waals surface area contributed by atoms with Crippen LogP contribution in [0.25, 0.3) is 11.1 Å². The highest BCUT2D eigenvalue weighted by Crippen LogP contribution is 2.23. The van der Waals surface area contributed by atoms with Crippen LogP contribution in [-0.4, -0.2) is 4.98 Å². The van der Waals surface area contributed by atoms with Gasteiger partial charge >= 0.3 is 0 Å². The molecule has 1 aliphatic heterocycles. The predicted molar refractivity (Wildman–Crippen MR) is 49.3 cm³/mol. The van der Waals surface area contributed by atoms with Crippen molar-refractivity contribution in [1.29, 1.82) is 0 Å². The van der Waals surface area contributed by atoms with E-state index in [0.29, 0.717) is 0 Å². The van der Waals surface area contributed by atoms with Crippen LogP contribution in [0.4, 0.5) is 0 Å². The summed E-state index contributed by atoms with van der Waals surface area (Å²) < 4.78 is 5.45. The average molecular weight is 174 g/mol. The molecule has 1 aromatic carbocycles. The molecule has 2 aromatic rings. The molecule has 1 N–H and O–H groups in total. The first kappa shape index (κ1) is 7.09. The van der Waals surface area contributed by atoms with Crippen molar-refractivity contribution in [3.63, 3.8) is 0 Å². The van der Waals surface area contributed by atoms with E-state index in [9.17, 15) is 0 Å². The molecule has 66 valence electrons. The maximum absolute atomic E-state index is 5.45. The summed E-state index contributed by atoms with van der Waals surface area (Å²) in [6.07, 6.45) is 0. The lowest BCUT2D eigenvalue weighted by Gasteiger charge is -1.94. The van der Waals surface area contributed by atoms with Gasteiger partial charge in [-0.2, -0.15) is 0 Å². The molecule has 0 radical (unpaired) electrons. The minimum absolute atomic E-state index is 0.742. The zero-order valence-electron chi connectivity index (χ0n) is 7.42. The maximum atomic E-state index is 5.45.